The molecule has 1 fully saturated rings. The molecule has 0 atom stereocenters. The van der Waals surface area contributed by atoms with Gasteiger partial charge in [-0.05, 0) is 37.1 Å². The Hall–Kier alpha value is -2.57. The molecule has 1 aliphatic rings. The van der Waals surface area contributed by atoms with Gasteiger partial charge in [-0.2, -0.15) is 0 Å². The fourth-order valence-corrected chi connectivity index (χ4v) is 1.89. The van der Waals surface area contributed by atoms with E-state index in [-0.39, 0.29) is 17.5 Å². The van der Waals surface area contributed by atoms with Gasteiger partial charge in [0, 0.05) is 5.92 Å². The van der Waals surface area contributed by atoms with Crippen LogP contribution in [-0.2, 0) is 4.79 Å². The summed E-state index contributed by atoms with van der Waals surface area (Å²) in [7, 11) is 0. The maximum atomic E-state index is 13.5. The number of rotatable bonds is 4. The molecule has 1 saturated carbocycles. The molecule has 0 spiro atoms. The van der Waals surface area contributed by atoms with Gasteiger partial charge in [-0.25, -0.2) is 18.2 Å². The molecule has 1 aromatic carbocycles. The van der Waals surface area contributed by atoms with E-state index in [0.717, 1.165) is 25.0 Å². The van der Waals surface area contributed by atoms with Crippen LogP contribution in [0, 0.1) is 23.4 Å². The number of carbonyl (C=O) groups excluding carboxylic acids is 1. The Labute approximate surface area is 124 Å². The monoisotopic (exact) mass is 307 g/mol. The van der Waals surface area contributed by atoms with Crippen molar-refractivity contribution in [3.8, 4) is 0 Å². The number of nitrogens with zero attached hydrogens (tertiary/aromatic N) is 1. The molecule has 0 bridgehead atoms. The van der Waals surface area contributed by atoms with Crippen molar-refractivity contribution in [2.75, 3.05) is 10.6 Å². The standard InChI is InChI=1S/C15H12F3N3O/c16-10-4-5-11(14(18)13(10)17)20-9-3-6-12(19-7-9)21-15(22)8-1-2-8/h3-8,20H,1-2H2,(H,19,21,22). The first-order valence-corrected chi connectivity index (χ1v) is 6.72. The van der Waals surface area contributed by atoms with E-state index in [1.54, 1.807) is 12.1 Å². The van der Waals surface area contributed by atoms with E-state index in [1.165, 1.54) is 6.20 Å². The van der Waals surface area contributed by atoms with E-state index < -0.39 is 17.5 Å². The van der Waals surface area contributed by atoms with Crippen LogP contribution in [-0.4, -0.2) is 10.9 Å². The molecule has 0 saturated heterocycles. The van der Waals surface area contributed by atoms with Crippen LogP contribution >= 0.6 is 0 Å². The number of halogens is 3. The van der Waals surface area contributed by atoms with E-state index in [1.807, 2.05) is 0 Å². The Morgan fingerprint density at radius 3 is 2.50 bits per heavy atom. The van der Waals surface area contributed by atoms with Gasteiger partial charge < -0.3 is 10.6 Å². The molecule has 3 rings (SSSR count). The van der Waals surface area contributed by atoms with Crippen LogP contribution in [0.15, 0.2) is 30.5 Å². The zero-order chi connectivity index (χ0) is 15.7. The van der Waals surface area contributed by atoms with Crippen LogP contribution in [0.2, 0.25) is 0 Å². The molecule has 2 aromatic rings. The number of hydrogen-bond donors (Lipinski definition) is 2. The molecule has 1 amide bonds. The molecule has 1 aliphatic carbocycles. The summed E-state index contributed by atoms with van der Waals surface area (Å²) >= 11 is 0. The zero-order valence-electron chi connectivity index (χ0n) is 11.4. The molecule has 7 heteroatoms. The van der Waals surface area contributed by atoms with Gasteiger partial charge in [-0.1, -0.05) is 0 Å². The number of amides is 1. The third-order valence-corrected chi connectivity index (χ3v) is 3.28. The molecule has 2 N–H and O–H groups in total. The second-order valence-corrected chi connectivity index (χ2v) is 5.04. The van der Waals surface area contributed by atoms with E-state index in [2.05, 4.69) is 15.6 Å². The lowest BCUT2D eigenvalue weighted by atomic mass is 10.2. The molecule has 0 unspecified atom stereocenters. The van der Waals surface area contributed by atoms with Crippen molar-refractivity contribution in [1.82, 2.24) is 4.98 Å². The van der Waals surface area contributed by atoms with Crippen molar-refractivity contribution >= 4 is 23.1 Å². The number of pyridine rings is 1. The summed E-state index contributed by atoms with van der Waals surface area (Å²) in [4.78, 5) is 15.6. The molecule has 114 valence electrons. The summed E-state index contributed by atoms with van der Waals surface area (Å²) in [6.07, 6.45) is 3.14. The third-order valence-electron chi connectivity index (χ3n) is 3.28. The number of nitrogens with one attached hydrogen (secondary N) is 2. The number of anilines is 3. The van der Waals surface area contributed by atoms with Gasteiger partial charge in [0.15, 0.2) is 17.5 Å². The predicted octanol–water partition coefficient (Wildman–Crippen LogP) is 3.59. The first kappa shape index (κ1) is 14.4. The Bertz CT molecular complexity index is 715. The van der Waals surface area contributed by atoms with E-state index >= 15 is 0 Å². The number of benzene rings is 1. The molecule has 1 heterocycles. The summed E-state index contributed by atoms with van der Waals surface area (Å²) in [5.74, 6) is -3.71. The highest BCUT2D eigenvalue weighted by Gasteiger charge is 2.29. The van der Waals surface area contributed by atoms with Gasteiger partial charge in [0.25, 0.3) is 0 Å². The highest BCUT2D eigenvalue weighted by atomic mass is 19.2. The summed E-state index contributed by atoms with van der Waals surface area (Å²) in [5.41, 5.74) is 0.185. The minimum atomic E-state index is -1.54. The quantitative estimate of drug-likeness (QED) is 0.849. The number of carbonyl (C=O) groups is 1. The van der Waals surface area contributed by atoms with Crippen molar-refractivity contribution in [1.29, 1.82) is 0 Å². The zero-order valence-corrected chi connectivity index (χ0v) is 11.4. The largest absolute Gasteiger partial charge is 0.352 e. The lowest BCUT2D eigenvalue weighted by Gasteiger charge is -2.09. The van der Waals surface area contributed by atoms with Crippen LogP contribution in [0.1, 0.15) is 12.8 Å². The van der Waals surface area contributed by atoms with Crippen LogP contribution < -0.4 is 10.6 Å². The number of aromatic nitrogens is 1. The molecular weight excluding hydrogens is 295 g/mol. The van der Waals surface area contributed by atoms with Gasteiger partial charge in [0.1, 0.15) is 5.82 Å². The smallest absolute Gasteiger partial charge is 0.228 e. The van der Waals surface area contributed by atoms with Crippen LogP contribution in [0.25, 0.3) is 0 Å². The fraction of sp³-hybridized carbons (Fsp3) is 0.200. The van der Waals surface area contributed by atoms with E-state index in [9.17, 15) is 18.0 Å². The third kappa shape index (κ3) is 3.03. The normalized spacial score (nSPS) is 13.8. The van der Waals surface area contributed by atoms with Gasteiger partial charge in [-0.3, -0.25) is 4.79 Å². The molecule has 22 heavy (non-hydrogen) atoms. The number of hydrogen-bond acceptors (Lipinski definition) is 3. The Morgan fingerprint density at radius 2 is 1.86 bits per heavy atom. The predicted molar refractivity (Wildman–Crippen MR) is 75.2 cm³/mol. The first-order chi connectivity index (χ1) is 10.5. The molecule has 4 nitrogen and oxygen atoms in total. The van der Waals surface area contributed by atoms with Crippen molar-refractivity contribution in [3.05, 3.63) is 47.9 Å². The minimum Gasteiger partial charge on any atom is -0.352 e. The van der Waals surface area contributed by atoms with E-state index in [4.69, 9.17) is 0 Å². The van der Waals surface area contributed by atoms with Crippen LogP contribution in [0.3, 0.4) is 0 Å². The molecular formula is C15H12F3N3O. The molecule has 0 radical (unpaired) electrons. The SMILES string of the molecule is O=C(Nc1ccc(Nc2ccc(F)c(F)c2F)cn1)C1CC1. The van der Waals surface area contributed by atoms with Gasteiger partial charge in [0.2, 0.25) is 5.91 Å². The Morgan fingerprint density at radius 1 is 1.09 bits per heavy atom. The highest BCUT2D eigenvalue weighted by molar-refractivity contribution is 5.93. The lowest BCUT2D eigenvalue weighted by Crippen LogP contribution is -2.14. The summed E-state index contributed by atoms with van der Waals surface area (Å²) in [6.45, 7) is 0. The average Bonchev–Trinajstić information content (AvgIpc) is 3.34. The fourth-order valence-electron chi connectivity index (χ4n) is 1.89. The van der Waals surface area contributed by atoms with Gasteiger partial charge in [-0.15, -0.1) is 0 Å². The maximum absolute atomic E-state index is 13.5. The minimum absolute atomic E-state index is 0.0656. The Balaban J connectivity index is 1.70. The lowest BCUT2D eigenvalue weighted by molar-refractivity contribution is -0.117. The topological polar surface area (TPSA) is 54.0 Å². The summed E-state index contributed by atoms with van der Waals surface area (Å²) in [6, 6.07) is 5.02. The second kappa shape index (κ2) is 5.67. The van der Waals surface area contributed by atoms with Crippen molar-refractivity contribution < 1.29 is 18.0 Å². The van der Waals surface area contributed by atoms with E-state index in [0.29, 0.717) is 11.5 Å². The second-order valence-electron chi connectivity index (χ2n) is 5.04. The van der Waals surface area contributed by atoms with Crippen molar-refractivity contribution in [2.24, 2.45) is 5.92 Å². The van der Waals surface area contributed by atoms with Crippen molar-refractivity contribution in [3.63, 3.8) is 0 Å². The van der Waals surface area contributed by atoms with Crippen molar-refractivity contribution in [2.45, 2.75) is 12.8 Å². The first-order valence-electron chi connectivity index (χ1n) is 6.72. The summed E-state index contributed by atoms with van der Waals surface area (Å²) < 4.78 is 39.5. The summed E-state index contributed by atoms with van der Waals surface area (Å²) in [5, 5.41) is 5.26. The van der Waals surface area contributed by atoms with Gasteiger partial charge in [0.05, 0.1) is 17.6 Å². The van der Waals surface area contributed by atoms with Crippen LogP contribution in [0.4, 0.5) is 30.4 Å². The highest BCUT2D eigenvalue weighted by Crippen LogP contribution is 2.30. The molecule has 1 aromatic heterocycles. The average molecular weight is 307 g/mol. The van der Waals surface area contributed by atoms with Gasteiger partial charge >= 0.3 is 0 Å². The molecule has 0 aliphatic heterocycles. The Kier molecular flexibility index (Phi) is 3.70. The maximum Gasteiger partial charge on any atom is 0.228 e. The van der Waals surface area contributed by atoms with Crippen LogP contribution in [0.5, 0.6) is 0 Å².